The molecule has 0 spiro atoms. The second kappa shape index (κ2) is 6.97. The number of carbonyl (C=O) groups is 1. The van der Waals surface area contributed by atoms with Crippen LogP contribution in [-0.2, 0) is 18.4 Å². The maximum atomic E-state index is 10.5. The van der Waals surface area contributed by atoms with Crippen LogP contribution < -0.4 is 11.1 Å². The first-order chi connectivity index (χ1) is 8.11. The van der Waals surface area contributed by atoms with E-state index in [0.29, 0.717) is 13.0 Å². The average molecular weight is 241 g/mol. The third kappa shape index (κ3) is 4.92. The Kier molecular flexibility index (Phi) is 5.58. The molecule has 0 aliphatic rings. The minimum Gasteiger partial charge on any atom is -0.480 e. The number of nitrogens with zero attached hydrogens (tertiary/aromatic N) is 3. The van der Waals surface area contributed by atoms with Gasteiger partial charge in [-0.25, -0.2) is 0 Å². The number of nitrogens with one attached hydrogen (secondary N) is 1. The fourth-order valence-corrected chi connectivity index (χ4v) is 1.41. The molecule has 0 unspecified atom stereocenters. The maximum absolute atomic E-state index is 10.5. The Labute approximate surface area is 100 Å². The van der Waals surface area contributed by atoms with E-state index >= 15 is 0 Å². The Morgan fingerprint density at radius 2 is 2.41 bits per heavy atom. The maximum Gasteiger partial charge on any atom is 0.320 e. The number of carboxylic acid groups (broad SMARTS) is 1. The number of carboxylic acids is 1. The minimum atomic E-state index is -0.933. The van der Waals surface area contributed by atoms with Crippen molar-refractivity contribution < 1.29 is 9.90 Å². The molecule has 7 nitrogen and oxygen atoms in total. The highest BCUT2D eigenvalue weighted by Gasteiger charge is 2.09. The van der Waals surface area contributed by atoms with Gasteiger partial charge in [-0.2, -0.15) is 0 Å². The standard InChI is InChI=1S/C10H19N5O2/c1-15-7-13-14-9(15)6-12-5-3-2-4-8(11)10(16)17/h7-8,12H,2-6,11H2,1H3,(H,16,17)/t8-/m0/s1. The summed E-state index contributed by atoms with van der Waals surface area (Å²) in [6, 6.07) is -0.742. The highest BCUT2D eigenvalue weighted by molar-refractivity contribution is 5.72. The molecule has 7 heteroatoms. The molecular weight excluding hydrogens is 222 g/mol. The van der Waals surface area contributed by atoms with Crippen LogP contribution in [0.4, 0.5) is 0 Å². The van der Waals surface area contributed by atoms with E-state index in [2.05, 4.69) is 15.5 Å². The predicted molar refractivity (Wildman–Crippen MR) is 62.2 cm³/mol. The average Bonchev–Trinajstić information content (AvgIpc) is 2.68. The molecule has 0 bridgehead atoms. The molecule has 0 aliphatic heterocycles. The van der Waals surface area contributed by atoms with Gasteiger partial charge >= 0.3 is 5.97 Å². The van der Waals surface area contributed by atoms with Crippen LogP contribution >= 0.6 is 0 Å². The molecule has 0 aromatic carbocycles. The summed E-state index contributed by atoms with van der Waals surface area (Å²) < 4.78 is 1.85. The number of nitrogens with two attached hydrogens (primary N) is 1. The predicted octanol–water partition coefficient (Wildman–Crippen LogP) is -0.513. The SMILES string of the molecule is Cn1cnnc1CNCCCC[C@H](N)C(=O)O. The lowest BCUT2D eigenvalue weighted by molar-refractivity contribution is -0.138. The summed E-state index contributed by atoms with van der Waals surface area (Å²) in [5, 5.41) is 19.5. The fraction of sp³-hybridized carbons (Fsp3) is 0.700. The van der Waals surface area contributed by atoms with Crippen LogP contribution in [0.15, 0.2) is 6.33 Å². The summed E-state index contributed by atoms with van der Waals surface area (Å²) in [5.41, 5.74) is 5.39. The molecule has 0 radical (unpaired) electrons. The third-order valence-corrected chi connectivity index (χ3v) is 2.52. The molecule has 0 saturated carbocycles. The topological polar surface area (TPSA) is 106 Å². The van der Waals surface area contributed by atoms with Gasteiger partial charge in [-0.1, -0.05) is 6.42 Å². The number of aromatic nitrogens is 3. The lowest BCUT2D eigenvalue weighted by Gasteiger charge is -2.06. The summed E-state index contributed by atoms with van der Waals surface area (Å²) in [4.78, 5) is 10.5. The van der Waals surface area contributed by atoms with Crippen molar-refractivity contribution in [3.63, 3.8) is 0 Å². The van der Waals surface area contributed by atoms with Gasteiger partial charge in [-0.05, 0) is 19.4 Å². The van der Waals surface area contributed by atoms with Crippen LogP contribution in [0.3, 0.4) is 0 Å². The van der Waals surface area contributed by atoms with E-state index in [0.717, 1.165) is 25.2 Å². The molecule has 1 aromatic rings. The lowest BCUT2D eigenvalue weighted by atomic mass is 10.1. The fourth-order valence-electron chi connectivity index (χ4n) is 1.41. The van der Waals surface area contributed by atoms with Gasteiger partial charge < -0.3 is 20.7 Å². The van der Waals surface area contributed by atoms with E-state index in [9.17, 15) is 4.79 Å². The summed E-state index contributed by atoms with van der Waals surface area (Å²) in [5.74, 6) is -0.0516. The second-order valence-corrected chi connectivity index (χ2v) is 3.98. The van der Waals surface area contributed by atoms with E-state index in [1.54, 1.807) is 6.33 Å². The first-order valence-electron chi connectivity index (χ1n) is 5.63. The quantitative estimate of drug-likeness (QED) is 0.529. The van der Waals surface area contributed by atoms with Crippen LogP contribution in [0, 0.1) is 0 Å². The Morgan fingerprint density at radius 3 is 3.00 bits per heavy atom. The normalized spacial score (nSPS) is 12.6. The van der Waals surface area contributed by atoms with Crippen molar-refractivity contribution in [2.24, 2.45) is 12.8 Å². The number of unbranched alkanes of at least 4 members (excludes halogenated alkanes) is 1. The molecule has 0 saturated heterocycles. The van der Waals surface area contributed by atoms with E-state index < -0.39 is 12.0 Å². The van der Waals surface area contributed by atoms with Crippen molar-refractivity contribution in [1.82, 2.24) is 20.1 Å². The monoisotopic (exact) mass is 241 g/mol. The molecule has 0 fully saturated rings. The zero-order valence-corrected chi connectivity index (χ0v) is 9.96. The zero-order valence-electron chi connectivity index (χ0n) is 9.96. The van der Waals surface area contributed by atoms with Gasteiger partial charge in [0.05, 0.1) is 6.54 Å². The van der Waals surface area contributed by atoms with Gasteiger partial charge in [0.2, 0.25) is 0 Å². The van der Waals surface area contributed by atoms with Crippen LogP contribution in [0.25, 0.3) is 0 Å². The zero-order chi connectivity index (χ0) is 12.7. The minimum absolute atomic E-state index is 0.515. The number of aryl methyl sites for hydroxylation is 1. The Hall–Kier alpha value is -1.47. The summed E-state index contributed by atoms with van der Waals surface area (Å²) in [6.45, 7) is 1.49. The van der Waals surface area contributed by atoms with Crippen LogP contribution in [-0.4, -0.2) is 38.4 Å². The largest absolute Gasteiger partial charge is 0.480 e. The number of hydrogen-bond acceptors (Lipinski definition) is 5. The van der Waals surface area contributed by atoms with E-state index in [1.165, 1.54) is 0 Å². The smallest absolute Gasteiger partial charge is 0.320 e. The first-order valence-corrected chi connectivity index (χ1v) is 5.63. The van der Waals surface area contributed by atoms with Gasteiger partial charge in [0.25, 0.3) is 0 Å². The van der Waals surface area contributed by atoms with Crippen molar-refractivity contribution in [3.05, 3.63) is 12.2 Å². The molecular formula is C10H19N5O2. The number of hydrogen-bond donors (Lipinski definition) is 3. The first kappa shape index (κ1) is 13.6. The molecule has 4 N–H and O–H groups in total. The molecule has 96 valence electrons. The molecule has 1 aromatic heterocycles. The van der Waals surface area contributed by atoms with Crippen molar-refractivity contribution in [1.29, 1.82) is 0 Å². The summed E-state index contributed by atoms with van der Waals surface area (Å²) in [7, 11) is 1.89. The Balaban J connectivity index is 2.02. The van der Waals surface area contributed by atoms with Gasteiger partial charge in [0.1, 0.15) is 18.2 Å². The van der Waals surface area contributed by atoms with Gasteiger partial charge in [0.15, 0.2) is 0 Å². The van der Waals surface area contributed by atoms with Crippen LogP contribution in [0.1, 0.15) is 25.1 Å². The highest BCUT2D eigenvalue weighted by Crippen LogP contribution is 1.98. The van der Waals surface area contributed by atoms with Crippen molar-refractivity contribution in [3.8, 4) is 0 Å². The lowest BCUT2D eigenvalue weighted by Crippen LogP contribution is -2.30. The molecule has 1 atom stereocenters. The van der Waals surface area contributed by atoms with Crippen molar-refractivity contribution >= 4 is 5.97 Å². The molecule has 0 aliphatic carbocycles. The molecule has 0 amide bonds. The Morgan fingerprint density at radius 1 is 1.65 bits per heavy atom. The van der Waals surface area contributed by atoms with Gasteiger partial charge in [-0.3, -0.25) is 4.79 Å². The van der Waals surface area contributed by atoms with E-state index in [1.807, 2.05) is 11.6 Å². The second-order valence-electron chi connectivity index (χ2n) is 3.98. The number of rotatable bonds is 8. The van der Waals surface area contributed by atoms with Gasteiger partial charge in [0, 0.05) is 7.05 Å². The third-order valence-electron chi connectivity index (χ3n) is 2.52. The van der Waals surface area contributed by atoms with Crippen LogP contribution in [0.2, 0.25) is 0 Å². The van der Waals surface area contributed by atoms with E-state index in [4.69, 9.17) is 10.8 Å². The summed E-state index contributed by atoms with van der Waals surface area (Å²) in [6.07, 6.45) is 3.88. The van der Waals surface area contributed by atoms with Gasteiger partial charge in [-0.15, -0.1) is 10.2 Å². The number of aliphatic carboxylic acids is 1. The molecule has 1 rings (SSSR count). The molecule has 1 heterocycles. The van der Waals surface area contributed by atoms with E-state index in [-0.39, 0.29) is 0 Å². The van der Waals surface area contributed by atoms with Crippen molar-refractivity contribution in [2.45, 2.75) is 31.8 Å². The highest BCUT2D eigenvalue weighted by atomic mass is 16.4. The van der Waals surface area contributed by atoms with Crippen LogP contribution in [0.5, 0.6) is 0 Å². The van der Waals surface area contributed by atoms with Crippen molar-refractivity contribution in [2.75, 3.05) is 6.54 Å². The Bertz CT molecular complexity index is 352. The summed E-state index contributed by atoms with van der Waals surface area (Å²) >= 11 is 0. The molecule has 17 heavy (non-hydrogen) atoms.